The van der Waals surface area contributed by atoms with E-state index in [1.54, 1.807) is 24.3 Å². The highest BCUT2D eigenvalue weighted by Gasteiger charge is 2.27. The van der Waals surface area contributed by atoms with E-state index in [2.05, 4.69) is 0 Å². The Morgan fingerprint density at radius 2 is 0.944 bits per heavy atom. The van der Waals surface area contributed by atoms with Crippen molar-refractivity contribution < 1.29 is 26.4 Å². The number of hydrogen-bond acceptors (Lipinski definition) is 6. The van der Waals surface area contributed by atoms with Crippen molar-refractivity contribution in [2.45, 2.75) is 13.8 Å². The molecular formula is C26H8F4N4O2. The Hall–Kier alpha value is -5.32. The molecule has 0 unspecified atom stereocenters. The van der Waals surface area contributed by atoms with E-state index in [0.29, 0.717) is 0 Å². The van der Waals surface area contributed by atoms with Gasteiger partial charge in [0.05, 0.1) is 10.4 Å². The van der Waals surface area contributed by atoms with Gasteiger partial charge in [-0.1, -0.05) is 0 Å². The maximum atomic E-state index is 15.0. The van der Waals surface area contributed by atoms with Crippen LogP contribution in [-0.2, 0) is 0 Å². The molecule has 0 aliphatic carbocycles. The summed E-state index contributed by atoms with van der Waals surface area (Å²) >= 11 is 0. The van der Waals surface area contributed by atoms with Crippen LogP contribution in [0.2, 0.25) is 0 Å². The Labute approximate surface area is 198 Å². The van der Waals surface area contributed by atoms with Crippen LogP contribution in [0.4, 0.5) is 17.6 Å². The van der Waals surface area contributed by atoms with Gasteiger partial charge in [0.2, 0.25) is 0 Å². The SMILES string of the molecule is Cc1c(F)cc2c(oc3c(=C(C#N)C#N)c4c(oc5c(F)c(C)c(F)cc54)c(=C(C#N)C#N)c32)c1F. The molecule has 0 radical (unpaired) electrons. The van der Waals surface area contributed by atoms with Gasteiger partial charge in [-0.05, 0) is 26.0 Å². The number of hydrogen-bond donors (Lipinski definition) is 0. The van der Waals surface area contributed by atoms with Crippen molar-refractivity contribution in [3.8, 4) is 24.3 Å². The van der Waals surface area contributed by atoms with Gasteiger partial charge in [0.15, 0.2) is 22.8 Å². The quantitative estimate of drug-likeness (QED) is 0.284. The van der Waals surface area contributed by atoms with Crippen LogP contribution in [0.15, 0.2) is 21.0 Å². The van der Waals surface area contributed by atoms with E-state index in [1.165, 1.54) is 0 Å². The molecular weight excluding hydrogens is 476 g/mol. The van der Waals surface area contributed by atoms with Gasteiger partial charge < -0.3 is 8.83 Å². The standard InChI is InChI=1S/C26H8F4N4O2/c1-9-15(27)3-13-19-17(11(5-31)6-32)26-20(14-4-16(28)10(2)22(30)24(14)36-26)18(12(7-33)8-34)25(19)35-23(13)21(9)29/h3-4H,1-2H3. The summed E-state index contributed by atoms with van der Waals surface area (Å²) in [5, 5.41) is 37.2. The maximum Gasteiger partial charge on any atom is 0.172 e. The zero-order valence-electron chi connectivity index (χ0n) is 18.3. The minimum absolute atomic E-state index is 0.206. The third-order valence-electron chi connectivity index (χ3n) is 6.11. The molecule has 10 heteroatoms. The van der Waals surface area contributed by atoms with Crippen LogP contribution in [0.25, 0.3) is 55.0 Å². The number of furan rings is 2. The lowest BCUT2D eigenvalue weighted by Gasteiger charge is -2.00. The first-order chi connectivity index (χ1) is 17.2. The van der Waals surface area contributed by atoms with Gasteiger partial charge in [-0.15, -0.1) is 0 Å². The summed E-state index contributed by atoms with van der Waals surface area (Å²) in [7, 11) is 0. The smallest absolute Gasteiger partial charge is 0.172 e. The summed E-state index contributed by atoms with van der Waals surface area (Å²) in [6.07, 6.45) is 0. The molecule has 0 aliphatic heterocycles. The van der Waals surface area contributed by atoms with Gasteiger partial charge >= 0.3 is 0 Å². The Bertz CT molecular complexity index is 1970. The monoisotopic (exact) mass is 484 g/mol. The summed E-state index contributed by atoms with van der Waals surface area (Å²) in [6, 6.07) is 8.50. The molecule has 0 atom stereocenters. The van der Waals surface area contributed by atoms with E-state index in [1.807, 2.05) is 0 Å². The van der Waals surface area contributed by atoms with Crippen LogP contribution in [0.1, 0.15) is 11.1 Å². The summed E-state index contributed by atoms with van der Waals surface area (Å²) < 4.78 is 70.6. The molecule has 36 heavy (non-hydrogen) atoms. The zero-order valence-corrected chi connectivity index (χ0v) is 18.3. The van der Waals surface area contributed by atoms with Crippen LogP contribution in [0.5, 0.6) is 0 Å². The normalized spacial score (nSPS) is 10.9. The molecule has 5 aromatic rings. The lowest BCUT2D eigenvalue weighted by Crippen LogP contribution is -2.16. The third-order valence-corrected chi connectivity index (χ3v) is 6.11. The van der Waals surface area contributed by atoms with Crippen molar-refractivity contribution in [3.63, 3.8) is 0 Å². The summed E-state index contributed by atoms with van der Waals surface area (Å²) in [4.78, 5) is 0. The topological polar surface area (TPSA) is 121 Å². The molecule has 2 aromatic heterocycles. The minimum atomic E-state index is -1.08. The van der Waals surface area contributed by atoms with Gasteiger partial charge in [0.1, 0.15) is 58.2 Å². The molecule has 2 heterocycles. The maximum absolute atomic E-state index is 15.0. The zero-order chi connectivity index (χ0) is 26.0. The van der Waals surface area contributed by atoms with Crippen molar-refractivity contribution in [2.75, 3.05) is 0 Å². The lowest BCUT2D eigenvalue weighted by molar-refractivity contribution is 0.549. The first-order valence-electron chi connectivity index (χ1n) is 10.1. The highest BCUT2D eigenvalue weighted by atomic mass is 19.1. The van der Waals surface area contributed by atoms with E-state index in [4.69, 9.17) is 8.83 Å². The molecule has 0 amide bonds. The van der Waals surface area contributed by atoms with Gasteiger partial charge in [-0.2, -0.15) is 21.0 Å². The van der Waals surface area contributed by atoms with Gasteiger partial charge in [0, 0.05) is 32.7 Å². The van der Waals surface area contributed by atoms with Crippen molar-refractivity contribution in [1.82, 2.24) is 0 Å². The van der Waals surface area contributed by atoms with Gasteiger partial charge in [-0.25, -0.2) is 17.6 Å². The average molecular weight is 484 g/mol. The van der Waals surface area contributed by atoms with Gasteiger partial charge in [-0.3, -0.25) is 0 Å². The van der Waals surface area contributed by atoms with Crippen molar-refractivity contribution >= 4 is 55.0 Å². The van der Waals surface area contributed by atoms with Crippen molar-refractivity contribution in [3.05, 3.63) is 57.0 Å². The van der Waals surface area contributed by atoms with E-state index < -0.39 is 45.6 Å². The van der Waals surface area contributed by atoms with Crippen LogP contribution in [0.3, 0.4) is 0 Å². The molecule has 0 aliphatic rings. The summed E-state index contributed by atoms with van der Waals surface area (Å²) in [5.74, 6) is -4.11. The fourth-order valence-electron chi connectivity index (χ4n) is 4.34. The molecule has 0 N–H and O–H groups in total. The predicted octanol–water partition coefficient (Wildman–Crippen LogP) is 5.05. The molecule has 0 saturated carbocycles. The first kappa shape index (κ1) is 22.5. The average Bonchev–Trinajstić information content (AvgIpc) is 3.42. The molecule has 6 nitrogen and oxygen atoms in total. The van der Waals surface area contributed by atoms with E-state index >= 15 is 8.78 Å². The number of nitrogens with zero attached hydrogens (tertiary/aromatic N) is 4. The van der Waals surface area contributed by atoms with E-state index in [0.717, 1.165) is 26.0 Å². The molecule has 0 spiro atoms. The molecule has 0 fully saturated rings. The second-order valence-corrected chi connectivity index (χ2v) is 7.91. The number of halogens is 4. The van der Waals surface area contributed by atoms with Gasteiger partial charge in [0.25, 0.3) is 0 Å². The lowest BCUT2D eigenvalue weighted by atomic mass is 9.98. The number of fused-ring (bicyclic) bond motifs is 6. The van der Waals surface area contributed by atoms with Crippen LogP contribution in [0, 0.1) is 82.4 Å². The molecule has 3 aromatic carbocycles. The minimum Gasteiger partial charge on any atom is -0.452 e. The second-order valence-electron chi connectivity index (χ2n) is 7.91. The predicted molar refractivity (Wildman–Crippen MR) is 119 cm³/mol. The molecule has 5 rings (SSSR count). The summed E-state index contributed by atoms with van der Waals surface area (Å²) in [6.45, 7) is 2.33. The fraction of sp³-hybridized carbons (Fsp3) is 0.0769. The number of benzene rings is 3. The number of nitriles is 4. The third kappa shape index (κ3) is 2.67. The van der Waals surface area contributed by atoms with E-state index in [9.17, 15) is 29.8 Å². The van der Waals surface area contributed by atoms with Crippen molar-refractivity contribution in [1.29, 1.82) is 21.0 Å². The van der Waals surface area contributed by atoms with E-state index in [-0.39, 0.29) is 54.3 Å². The molecule has 0 saturated heterocycles. The fourth-order valence-corrected chi connectivity index (χ4v) is 4.34. The highest BCUT2D eigenvalue weighted by molar-refractivity contribution is 6.18. The van der Waals surface area contributed by atoms with Crippen LogP contribution >= 0.6 is 0 Å². The summed E-state index contributed by atoms with van der Waals surface area (Å²) in [5.41, 5.74) is -3.60. The highest BCUT2D eigenvalue weighted by Crippen LogP contribution is 2.36. The Kier molecular flexibility index (Phi) is 4.74. The Morgan fingerprint density at radius 1 is 0.611 bits per heavy atom. The Morgan fingerprint density at radius 3 is 1.25 bits per heavy atom. The van der Waals surface area contributed by atoms with Crippen LogP contribution < -0.4 is 10.4 Å². The Balaban J connectivity index is 2.38. The largest absolute Gasteiger partial charge is 0.452 e. The van der Waals surface area contributed by atoms with Crippen LogP contribution in [-0.4, -0.2) is 0 Å². The molecule has 0 bridgehead atoms. The number of rotatable bonds is 0. The van der Waals surface area contributed by atoms with Crippen molar-refractivity contribution in [2.24, 2.45) is 0 Å². The molecule has 172 valence electrons. The first-order valence-corrected chi connectivity index (χ1v) is 10.1. The second kappa shape index (κ2) is 7.60.